The Kier molecular flexibility index (Phi) is 6.27. The lowest BCUT2D eigenvalue weighted by Gasteiger charge is -2.35. The number of hydrogen-bond acceptors (Lipinski definition) is 4. The van der Waals surface area contributed by atoms with E-state index in [2.05, 4.69) is 0 Å². The molecule has 0 atom stereocenters. The molecule has 0 bridgehead atoms. The van der Waals surface area contributed by atoms with Crippen LogP contribution in [0.4, 0.5) is 0 Å². The van der Waals surface area contributed by atoms with Gasteiger partial charge in [-0.05, 0) is 12.1 Å². The smallest absolute Gasteiger partial charge is 0.207 e. The minimum absolute atomic E-state index is 0.0479. The third-order valence-corrected chi connectivity index (χ3v) is 8.60. The molecule has 1 heterocycles. The van der Waals surface area contributed by atoms with Crippen LogP contribution in [0.25, 0.3) is 0 Å². The highest BCUT2D eigenvalue weighted by atomic mass is 35.5. The molecule has 0 aromatic heterocycles. The van der Waals surface area contributed by atoms with Gasteiger partial charge in [0, 0.05) is 39.3 Å². The lowest BCUT2D eigenvalue weighted by Crippen LogP contribution is -2.54. The lowest BCUT2D eigenvalue weighted by atomic mass is 10.4. The molecular formula is C14H22ClN3O4S2. The maximum atomic E-state index is 12.7. The minimum atomic E-state index is -3.73. The molecule has 0 saturated carbocycles. The number of nitrogens with zero attached hydrogens (tertiary/aromatic N) is 3. The predicted molar refractivity (Wildman–Crippen MR) is 93.6 cm³/mol. The molecule has 0 unspecified atom stereocenters. The highest BCUT2D eigenvalue weighted by Crippen LogP contribution is 2.25. The van der Waals surface area contributed by atoms with E-state index in [0.717, 1.165) is 0 Å². The summed E-state index contributed by atoms with van der Waals surface area (Å²) in [6, 6.07) is 6.25. The van der Waals surface area contributed by atoms with Gasteiger partial charge in [-0.2, -0.15) is 21.3 Å². The van der Waals surface area contributed by atoms with Crippen molar-refractivity contribution >= 4 is 31.8 Å². The Morgan fingerprint density at radius 2 is 1.46 bits per heavy atom. The van der Waals surface area contributed by atoms with Crippen molar-refractivity contribution in [3.8, 4) is 0 Å². The monoisotopic (exact) mass is 395 g/mol. The Morgan fingerprint density at radius 1 is 0.958 bits per heavy atom. The number of sulfonamides is 1. The Morgan fingerprint density at radius 3 is 1.96 bits per heavy atom. The molecule has 136 valence electrons. The second kappa shape index (κ2) is 7.67. The Bertz CT molecular complexity index is 771. The average Bonchev–Trinajstić information content (AvgIpc) is 2.56. The summed E-state index contributed by atoms with van der Waals surface area (Å²) in [5.74, 6) is 0. The second-order valence-corrected chi connectivity index (χ2v) is 9.57. The first-order valence-corrected chi connectivity index (χ1v) is 11.0. The molecule has 2 rings (SSSR count). The van der Waals surface area contributed by atoms with Crippen LogP contribution >= 0.6 is 11.6 Å². The fourth-order valence-electron chi connectivity index (χ4n) is 2.65. The van der Waals surface area contributed by atoms with E-state index in [1.54, 1.807) is 26.0 Å². The zero-order chi connectivity index (χ0) is 18.0. The maximum absolute atomic E-state index is 12.7. The van der Waals surface area contributed by atoms with Crippen molar-refractivity contribution in [1.29, 1.82) is 0 Å². The minimum Gasteiger partial charge on any atom is -0.207 e. The summed E-state index contributed by atoms with van der Waals surface area (Å²) in [7, 11) is -7.27. The van der Waals surface area contributed by atoms with Crippen LogP contribution in [0, 0.1) is 0 Å². The van der Waals surface area contributed by atoms with Crippen LogP contribution in [0.1, 0.15) is 13.8 Å². The molecule has 0 spiro atoms. The molecule has 1 aliphatic rings. The van der Waals surface area contributed by atoms with Crippen molar-refractivity contribution < 1.29 is 16.8 Å². The number of piperazine rings is 1. The van der Waals surface area contributed by atoms with E-state index < -0.39 is 20.2 Å². The van der Waals surface area contributed by atoms with Crippen molar-refractivity contribution in [1.82, 2.24) is 12.9 Å². The Hall–Kier alpha value is -0.710. The molecule has 0 amide bonds. The summed E-state index contributed by atoms with van der Waals surface area (Å²) < 4.78 is 54.3. The SMILES string of the molecule is CCN(CC)S(=O)(=O)N1CCN(S(=O)(=O)c2ccccc2Cl)CC1. The summed E-state index contributed by atoms with van der Waals surface area (Å²) in [5.41, 5.74) is 0. The second-order valence-electron chi connectivity index (χ2n) is 5.33. The molecule has 1 aromatic carbocycles. The molecule has 1 aliphatic heterocycles. The number of hydrogen-bond donors (Lipinski definition) is 0. The van der Waals surface area contributed by atoms with Gasteiger partial charge in [0.05, 0.1) is 5.02 Å². The number of benzene rings is 1. The summed E-state index contributed by atoms with van der Waals surface area (Å²) in [4.78, 5) is 0.0479. The van der Waals surface area contributed by atoms with Gasteiger partial charge in [-0.3, -0.25) is 0 Å². The topological polar surface area (TPSA) is 78.0 Å². The first kappa shape index (κ1) is 19.6. The quantitative estimate of drug-likeness (QED) is 0.725. The number of rotatable bonds is 6. The maximum Gasteiger partial charge on any atom is 0.282 e. The molecule has 1 aromatic rings. The Labute approximate surface area is 149 Å². The molecule has 10 heteroatoms. The van der Waals surface area contributed by atoms with Gasteiger partial charge in [0.2, 0.25) is 10.0 Å². The van der Waals surface area contributed by atoms with Crippen molar-refractivity contribution in [2.75, 3.05) is 39.3 Å². The van der Waals surface area contributed by atoms with Gasteiger partial charge in [-0.15, -0.1) is 0 Å². The summed E-state index contributed by atoms with van der Waals surface area (Å²) >= 11 is 5.99. The summed E-state index contributed by atoms with van der Waals surface area (Å²) in [5, 5.41) is 0.163. The molecule has 1 fully saturated rings. The summed E-state index contributed by atoms with van der Waals surface area (Å²) in [6.07, 6.45) is 0. The molecule has 0 radical (unpaired) electrons. The van der Waals surface area contributed by atoms with E-state index in [1.165, 1.54) is 25.0 Å². The molecule has 7 nitrogen and oxygen atoms in total. The zero-order valence-electron chi connectivity index (χ0n) is 13.7. The van der Waals surface area contributed by atoms with E-state index in [9.17, 15) is 16.8 Å². The third kappa shape index (κ3) is 3.76. The van der Waals surface area contributed by atoms with Gasteiger partial charge < -0.3 is 0 Å². The summed E-state index contributed by atoms with van der Waals surface area (Å²) in [6.45, 7) is 4.79. The first-order chi connectivity index (χ1) is 11.2. The molecule has 0 N–H and O–H groups in total. The van der Waals surface area contributed by atoms with Crippen LogP contribution in [-0.4, -0.2) is 69.0 Å². The highest BCUT2D eigenvalue weighted by Gasteiger charge is 2.35. The average molecular weight is 396 g/mol. The van der Waals surface area contributed by atoms with Gasteiger partial charge in [-0.25, -0.2) is 8.42 Å². The van der Waals surface area contributed by atoms with Gasteiger partial charge in [-0.1, -0.05) is 37.6 Å². The van der Waals surface area contributed by atoms with Crippen LogP contribution in [0.2, 0.25) is 5.02 Å². The van der Waals surface area contributed by atoms with E-state index in [-0.39, 0.29) is 36.1 Å². The van der Waals surface area contributed by atoms with Crippen LogP contribution in [-0.2, 0) is 20.2 Å². The van der Waals surface area contributed by atoms with Crippen molar-refractivity contribution in [2.24, 2.45) is 0 Å². The van der Waals surface area contributed by atoms with Crippen molar-refractivity contribution in [2.45, 2.75) is 18.7 Å². The first-order valence-electron chi connectivity index (χ1n) is 7.75. The van der Waals surface area contributed by atoms with Gasteiger partial charge >= 0.3 is 0 Å². The molecule has 0 aliphatic carbocycles. The molecule has 24 heavy (non-hydrogen) atoms. The Balaban J connectivity index is 2.15. The van der Waals surface area contributed by atoms with E-state index in [4.69, 9.17) is 11.6 Å². The van der Waals surface area contributed by atoms with Gasteiger partial charge in [0.25, 0.3) is 10.2 Å². The van der Waals surface area contributed by atoms with Crippen molar-refractivity contribution in [3.05, 3.63) is 29.3 Å². The van der Waals surface area contributed by atoms with Crippen LogP contribution < -0.4 is 0 Å². The normalized spacial score (nSPS) is 18.2. The van der Waals surface area contributed by atoms with E-state index in [1.807, 2.05) is 0 Å². The van der Waals surface area contributed by atoms with E-state index in [0.29, 0.717) is 13.1 Å². The van der Waals surface area contributed by atoms with Gasteiger partial charge in [0.1, 0.15) is 4.90 Å². The standard InChI is InChI=1S/C14H22ClN3O4S2/c1-3-16(4-2)24(21,22)18-11-9-17(10-12-18)23(19,20)14-8-6-5-7-13(14)15/h5-8H,3-4,9-12H2,1-2H3. The fourth-order valence-corrected chi connectivity index (χ4v) is 6.17. The largest absolute Gasteiger partial charge is 0.282 e. The third-order valence-electron chi connectivity index (χ3n) is 4.01. The fraction of sp³-hybridized carbons (Fsp3) is 0.571. The van der Waals surface area contributed by atoms with Crippen LogP contribution in [0.15, 0.2) is 29.2 Å². The number of halogens is 1. The van der Waals surface area contributed by atoms with E-state index >= 15 is 0 Å². The van der Waals surface area contributed by atoms with Crippen LogP contribution in [0.5, 0.6) is 0 Å². The zero-order valence-corrected chi connectivity index (χ0v) is 16.1. The van der Waals surface area contributed by atoms with Crippen molar-refractivity contribution in [3.63, 3.8) is 0 Å². The van der Waals surface area contributed by atoms with Crippen LogP contribution in [0.3, 0.4) is 0 Å². The highest BCUT2D eigenvalue weighted by molar-refractivity contribution is 7.89. The molecule has 1 saturated heterocycles. The van der Waals surface area contributed by atoms with Gasteiger partial charge in [0.15, 0.2) is 0 Å². The lowest BCUT2D eigenvalue weighted by molar-refractivity contribution is 0.256. The predicted octanol–water partition coefficient (Wildman–Crippen LogP) is 1.23. The molecular weight excluding hydrogens is 374 g/mol.